The summed E-state index contributed by atoms with van der Waals surface area (Å²) in [6, 6.07) is 11.1. The van der Waals surface area contributed by atoms with Crippen molar-refractivity contribution >= 4 is 17.8 Å². The van der Waals surface area contributed by atoms with Crippen LogP contribution in [0.5, 0.6) is 0 Å². The number of nitrogens with one attached hydrogen (secondary N) is 1. The summed E-state index contributed by atoms with van der Waals surface area (Å²) in [4.78, 5) is 22.4. The Bertz CT molecular complexity index is 834. The van der Waals surface area contributed by atoms with E-state index in [1.165, 1.54) is 0 Å². The first kappa shape index (κ1) is 16.9. The van der Waals surface area contributed by atoms with Crippen molar-refractivity contribution in [1.82, 2.24) is 15.2 Å². The van der Waals surface area contributed by atoms with E-state index in [9.17, 15) is 4.79 Å². The van der Waals surface area contributed by atoms with E-state index in [4.69, 9.17) is 4.99 Å². The van der Waals surface area contributed by atoms with Crippen molar-refractivity contribution in [2.45, 2.75) is 6.42 Å². The molecule has 0 saturated carbocycles. The highest BCUT2D eigenvalue weighted by atomic mass is 16.1. The molecule has 25 heavy (non-hydrogen) atoms. The van der Waals surface area contributed by atoms with E-state index in [1.807, 2.05) is 37.4 Å². The van der Waals surface area contributed by atoms with Crippen LogP contribution in [0.4, 0.5) is 5.69 Å². The molecule has 0 spiro atoms. The number of amidine groups is 1. The predicted octanol–water partition coefficient (Wildman–Crippen LogP) is 2.25. The minimum absolute atomic E-state index is 0.571. The quantitative estimate of drug-likeness (QED) is 0.677. The van der Waals surface area contributed by atoms with E-state index < -0.39 is 0 Å². The highest BCUT2D eigenvalue weighted by molar-refractivity contribution is 5.90. The monoisotopic (exact) mass is 332 g/mol. The highest BCUT2D eigenvalue weighted by Gasteiger charge is 2.11. The summed E-state index contributed by atoms with van der Waals surface area (Å²) in [6.07, 6.45) is 3.38. The third kappa shape index (κ3) is 4.52. The molecule has 1 fully saturated rings. The van der Waals surface area contributed by atoms with Crippen molar-refractivity contribution in [3.05, 3.63) is 59.4 Å². The van der Waals surface area contributed by atoms with Crippen LogP contribution in [0.1, 0.15) is 28.0 Å². The number of aliphatic imine (C=N–C) groups is 1. The molecule has 1 aliphatic rings. The molecule has 5 nitrogen and oxygen atoms in total. The summed E-state index contributed by atoms with van der Waals surface area (Å²) in [6.45, 7) is 2.72. The molecule has 1 aromatic heterocycles. The van der Waals surface area contributed by atoms with Crippen molar-refractivity contribution in [3.8, 4) is 11.8 Å². The van der Waals surface area contributed by atoms with Gasteiger partial charge in [-0.2, -0.15) is 0 Å². The Morgan fingerprint density at radius 2 is 2.16 bits per heavy atom. The van der Waals surface area contributed by atoms with Crippen LogP contribution in [0.3, 0.4) is 0 Å². The predicted molar refractivity (Wildman–Crippen MR) is 99.3 cm³/mol. The maximum Gasteiger partial charge on any atom is 0.152 e. The average molecular weight is 332 g/mol. The van der Waals surface area contributed by atoms with Gasteiger partial charge in [-0.05, 0) is 36.3 Å². The Hall–Kier alpha value is -2.97. The van der Waals surface area contributed by atoms with Crippen molar-refractivity contribution in [3.63, 3.8) is 0 Å². The van der Waals surface area contributed by atoms with Crippen molar-refractivity contribution in [2.24, 2.45) is 4.99 Å². The first-order chi connectivity index (χ1) is 12.3. The zero-order valence-corrected chi connectivity index (χ0v) is 14.2. The molecule has 3 rings (SSSR count). The fourth-order valence-electron chi connectivity index (χ4n) is 2.56. The lowest BCUT2D eigenvalue weighted by atomic mass is 10.1. The summed E-state index contributed by atoms with van der Waals surface area (Å²) >= 11 is 0. The summed E-state index contributed by atoms with van der Waals surface area (Å²) in [7, 11) is 2.02. The van der Waals surface area contributed by atoms with Gasteiger partial charge in [0.1, 0.15) is 11.5 Å². The van der Waals surface area contributed by atoms with Crippen LogP contribution in [0.15, 0.2) is 47.6 Å². The molecule has 0 atom stereocenters. The number of pyridine rings is 1. The van der Waals surface area contributed by atoms with E-state index >= 15 is 0 Å². The van der Waals surface area contributed by atoms with Crippen LogP contribution < -0.4 is 5.32 Å². The first-order valence-electron chi connectivity index (χ1n) is 8.28. The molecule has 0 amide bonds. The topological polar surface area (TPSA) is 57.6 Å². The number of aldehydes is 1. The number of carbonyl (C=O) groups excluding carboxylic acids is 1. The third-order valence-corrected chi connectivity index (χ3v) is 4.00. The largest absolute Gasteiger partial charge is 0.362 e. The fourth-order valence-corrected chi connectivity index (χ4v) is 2.56. The van der Waals surface area contributed by atoms with Crippen LogP contribution in [-0.2, 0) is 0 Å². The van der Waals surface area contributed by atoms with Crippen LogP contribution >= 0.6 is 0 Å². The molecule has 0 bridgehead atoms. The SMILES string of the molecule is CN1CCNCC/C1=N/c1cc(C#Cc2ccccn2)ccc1C=O. The Balaban J connectivity index is 1.93. The Kier molecular flexibility index (Phi) is 5.55. The van der Waals surface area contributed by atoms with Crippen molar-refractivity contribution in [2.75, 3.05) is 26.7 Å². The van der Waals surface area contributed by atoms with Gasteiger partial charge in [0.25, 0.3) is 0 Å². The molecule has 1 aliphatic heterocycles. The van der Waals surface area contributed by atoms with Crippen LogP contribution in [0.25, 0.3) is 0 Å². The maximum absolute atomic E-state index is 11.4. The van der Waals surface area contributed by atoms with E-state index in [-0.39, 0.29) is 0 Å². The van der Waals surface area contributed by atoms with Gasteiger partial charge in [0, 0.05) is 50.4 Å². The molecule has 1 N–H and O–H groups in total. The van der Waals surface area contributed by atoms with Gasteiger partial charge < -0.3 is 10.2 Å². The second-order valence-corrected chi connectivity index (χ2v) is 5.81. The number of benzene rings is 1. The number of likely N-dealkylation sites (N-methyl/N-ethyl adjacent to an activating group) is 1. The highest BCUT2D eigenvalue weighted by Crippen LogP contribution is 2.21. The Labute approximate surface area is 147 Å². The van der Waals surface area contributed by atoms with Gasteiger partial charge in [0.15, 0.2) is 6.29 Å². The molecule has 1 saturated heterocycles. The molecular formula is C20H20N4O. The second-order valence-electron chi connectivity index (χ2n) is 5.81. The fraction of sp³-hybridized carbons (Fsp3) is 0.250. The molecule has 5 heteroatoms. The molecule has 0 radical (unpaired) electrons. The molecule has 2 aromatic rings. The maximum atomic E-state index is 11.4. The standard InChI is InChI=1S/C20H20N4O/c1-24-13-12-21-11-9-20(24)23-19-14-16(5-7-17(19)15-25)6-8-18-4-2-3-10-22-18/h2-5,7,10,14-15,21H,9,11-13H2,1H3/b23-20-. The average Bonchev–Trinajstić information content (AvgIpc) is 2.85. The van der Waals surface area contributed by atoms with Gasteiger partial charge >= 0.3 is 0 Å². The van der Waals surface area contributed by atoms with E-state index in [2.05, 4.69) is 27.0 Å². The lowest BCUT2D eigenvalue weighted by Crippen LogP contribution is -2.28. The van der Waals surface area contributed by atoms with E-state index in [1.54, 1.807) is 12.3 Å². The lowest BCUT2D eigenvalue weighted by Gasteiger charge is -2.18. The van der Waals surface area contributed by atoms with Gasteiger partial charge in [-0.3, -0.25) is 4.79 Å². The van der Waals surface area contributed by atoms with Gasteiger partial charge in [0.05, 0.1) is 5.69 Å². The molecule has 2 heterocycles. The second kappa shape index (κ2) is 8.22. The summed E-state index contributed by atoms with van der Waals surface area (Å²) < 4.78 is 0. The van der Waals surface area contributed by atoms with Crippen LogP contribution in [0, 0.1) is 11.8 Å². The molecule has 0 aliphatic carbocycles. The van der Waals surface area contributed by atoms with Crippen molar-refractivity contribution in [1.29, 1.82) is 0 Å². The van der Waals surface area contributed by atoms with Gasteiger partial charge in [-0.1, -0.05) is 12.0 Å². The Morgan fingerprint density at radius 1 is 1.24 bits per heavy atom. The lowest BCUT2D eigenvalue weighted by molar-refractivity contribution is 0.112. The molecule has 126 valence electrons. The van der Waals surface area contributed by atoms with E-state index in [0.29, 0.717) is 16.9 Å². The van der Waals surface area contributed by atoms with E-state index in [0.717, 1.165) is 43.7 Å². The normalized spacial score (nSPS) is 16.0. The van der Waals surface area contributed by atoms with Gasteiger partial charge in [-0.25, -0.2) is 9.98 Å². The van der Waals surface area contributed by atoms with Crippen LogP contribution in [0.2, 0.25) is 0 Å². The zero-order chi connectivity index (χ0) is 17.5. The Morgan fingerprint density at radius 3 is 2.96 bits per heavy atom. The summed E-state index contributed by atoms with van der Waals surface area (Å²) in [5.41, 5.74) is 2.75. The minimum atomic E-state index is 0.571. The number of carbonyl (C=O) groups is 1. The first-order valence-corrected chi connectivity index (χ1v) is 8.28. The molecule has 1 aromatic carbocycles. The number of aromatic nitrogens is 1. The summed E-state index contributed by atoms with van der Waals surface area (Å²) in [5.74, 6) is 7.09. The number of hydrogen-bond donors (Lipinski definition) is 1. The molecule has 0 unspecified atom stereocenters. The van der Waals surface area contributed by atoms with Gasteiger partial charge in [-0.15, -0.1) is 0 Å². The minimum Gasteiger partial charge on any atom is -0.362 e. The number of nitrogens with zero attached hydrogens (tertiary/aromatic N) is 3. The summed E-state index contributed by atoms with van der Waals surface area (Å²) in [5, 5.41) is 3.35. The third-order valence-electron chi connectivity index (χ3n) is 4.00. The zero-order valence-electron chi connectivity index (χ0n) is 14.2. The smallest absolute Gasteiger partial charge is 0.152 e. The number of rotatable bonds is 2. The van der Waals surface area contributed by atoms with Crippen LogP contribution in [-0.4, -0.2) is 48.7 Å². The van der Waals surface area contributed by atoms with Gasteiger partial charge in [0.2, 0.25) is 0 Å². The number of hydrogen-bond acceptors (Lipinski definition) is 4. The molecular weight excluding hydrogens is 312 g/mol. The van der Waals surface area contributed by atoms with Crippen molar-refractivity contribution < 1.29 is 4.79 Å².